The Labute approximate surface area is 174 Å². The molecule has 2 aromatic carbocycles. The van der Waals surface area contributed by atoms with E-state index in [2.05, 4.69) is 14.7 Å². The summed E-state index contributed by atoms with van der Waals surface area (Å²) in [6.07, 6.45) is 3.33. The highest BCUT2D eigenvalue weighted by Crippen LogP contribution is 2.31. The predicted octanol–water partition coefficient (Wildman–Crippen LogP) is 4.54. The van der Waals surface area contributed by atoms with E-state index in [9.17, 15) is 4.21 Å². The molecule has 152 valence electrons. The van der Waals surface area contributed by atoms with E-state index in [1.807, 2.05) is 36.4 Å². The van der Waals surface area contributed by atoms with Crippen LogP contribution in [0, 0.1) is 4.78 Å². The van der Waals surface area contributed by atoms with Crippen LogP contribution in [0.4, 0.5) is 0 Å². The highest BCUT2D eigenvalue weighted by atomic mass is 32.2. The summed E-state index contributed by atoms with van der Waals surface area (Å²) in [5.41, 5.74) is 1.48. The van der Waals surface area contributed by atoms with Crippen molar-refractivity contribution in [1.82, 2.24) is 14.7 Å². The van der Waals surface area contributed by atoms with Crippen molar-refractivity contribution in [3.63, 3.8) is 0 Å². The standard InChI is InChI=1S/C22H20N4O3S/c1-28-18-7-10-20-21(14-18)25-13-11-22(20)29-17-5-8-19(9-6-17)30(23,27)26-15-16-4-2-3-12-24-16/h2-14H,15H2,1H3,(H2,23,26,27). The lowest BCUT2D eigenvalue weighted by molar-refractivity contribution is 0.415. The van der Waals surface area contributed by atoms with Gasteiger partial charge in [0.2, 0.25) is 0 Å². The first-order valence-electron chi connectivity index (χ1n) is 9.19. The zero-order chi connectivity index (χ0) is 21.0. The van der Waals surface area contributed by atoms with Gasteiger partial charge in [-0.15, -0.1) is 0 Å². The van der Waals surface area contributed by atoms with Gasteiger partial charge in [-0.3, -0.25) is 9.97 Å². The monoisotopic (exact) mass is 420 g/mol. The second-order valence-corrected chi connectivity index (χ2v) is 8.34. The topological polar surface area (TPSA) is 97.2 Å². The normalized spacial score (nSPS) is 13.0. The van der Waals surface area contributed by atoms with E-state index in [-0.39, 0.29) is 6.54 Å². The van der Waals surface area contributed by atoms with Crippen molar-refractivity contribution in [3.8, 4) is 17.2 Å². The number of rotatable bonds is 7. The summed E-state index contributed by atoms with van der Waals surface area (Å²) in [7, 11) is -1.55. The predicted molar refractivity (Wildman–Crippen MR) is 115 cm³/mol. The quantitative estimate of drug-likeness (QED) is 0.457. The molecular formula is C22H20N4O3S. The van der Waals surface area contributed by atoms with Crippen molar-refractivity contribution >= 4 is 20.8 Å². The zero-order valence-corrected chi connectivity index (χ0v) is 17.1. The van der Waals surface area contributed by atoms with Crippen LogP contribution in [0.3, 0.4) is 0 Å². The van der Waals surface area contributed by atoms with Crippen molar-refractivity contribution in [2.24, 2.45) is 0 Å². The number of hydrogen-bond donors (Lipinski definition) is 2. The maximum absolute atomic E-state index is 12.7. The Kier molecular flexibility index (Phi) is 5.60. The number of pyridine rings is 2. The second kappa shape index (κ2) is 8.48. The smallest absolute Gasteiger partial charge is 0.138 e. The van der Waals surface area contributed by atoms with Gasteiger partial charge < -0.3 is 9.47 Å². The van der Waals surface area contributed by atoms with Crippen LogP contribution in [0.2, 0.25) is 0 Å². The van der Waals surface area contributed by atoms with Gasteiger partial charge in [0.1, 0.15) is 27.2 Å². The first-order chi connectivity index (χ1) is 14.5. The summed E-state index contributed by atoms with van der Waals surface area (Å²) in [4.78, 5) is 8.89. The molecule has 0 amide bonds. The average molecular weight is 420 g/mol. The third kappa shape index (κ3) is 4.40. The van der Waals surface area contributed by atoms with Gasteiger partial charge in [-0.1, -0.05) is 6.07 Å². The molecule has 7 nitrogen and oxygen atoms in total. The molecular weight excluding hydrogens is 400 g/mol. The Bertz CT molecular complexity index is 1260. The van der Waals surface area contributed by atoms with E-state index < -0.39 is 9.92 Å². The highest BCUT2D eigenvalue weighted by Gasteiger charge is 2.11. The molecule has 0 aliphatic carbocycles. The van der Waals surface area contributed by atoms with Gasteiger partial charge in [0.15, 0.2) is 0 Å². The molecule has 0 aliphatic heterocycles. The van der Waals surface area contributed by atoms with E-state index in [0.29, 0.717) is 16.4 Å². The number of benzene rings is 2. The van der Waals surface area contributed by atoms with E-state index in [1.54, 1.807) is 49.8 Å². The van der Waals surface area contributed by atoms with Gasteiger partial charge in [-0.2, -0.15) is 0 Å². The molecule has 1 unspecified atom stereocenters. The summed E-state index contributed by atoms with van der Waals surface area (Å²) in [6, 6.07) is 19.5. The number of fused-ring (bicyclic) bond motifs is 1. The second-order valence-electron chi connectivity index (χ2n) is 6.46. The molecule has 0 saturated heterocycles. The molecule has 0 radical (unpaired) electrons. The van der Waals surface area contributed by atoms with Crippen LogP contribution < -0.4 is 14.2 Å². The summed E-state index contributed by atoms with van der Waals surface area (Å²) in [5.74, 6) is 1.94. The summed E-state index contributed by atoms with van der Waals surface area (Å²) in [5, 5.41) is 0.851. The first kappa shape index (κ1) is 19.8. The molecule has 30 heavy (non-hydrogen) atoms. The molecule has 8 heteroatoms. The Morgan fingerprint density at radius 3 is 2.50 bits per heavy atom. The molecule has 2 heterocycles. The highest BCUT2D eigenvalue weighted by molar-refractivity contribution is 7.90. The minimum Gasteiger partial charge on any atom is -0.497 e. The molecule has 0 fully saturated rings. The van der Waals surface area contributed by atoms with Crippen LogP contribution in [-0.4, -0.2) is 21.3 Å². The molecule has 0 bridgehead atoms. The molecule has 0 aliphatic rings. The van der Waals surface area contributed by atoms with Crippen molar-refractivity contribution in [1.29, 1.82) is 4.78 Å². The van der Waals surface area contributed by atoms with Crippen LogP contribution in [0.25, 0.3) is 10.9 Å². The molecule has 0 saturated carbocycles. The van der Waals surface area contributed by atoms with E-state index >= 15 is 0 Å². The lowest BCUT2D eigenvalue weighted by atomic mass is 10.2. The van der Waals surface area contributed by atoms with Gasteiger partial charge in [0, 0.05) is 23.8 Å². The van der Waals surface area contributed by atoms with Crippen LogP contribution in [0.1, 0.15) is 5.69 Å². The molecule has 2 N–H and O–H groups in total. The van der Waals surface area contributed by atoms with Gasteiger partial charge in [-0.25, -0.2) is 13.7 Å². The van der Waals surface area contributed by atoms with Crippen molar-refractivity contribution in [3.05, 3.63) is 84.8 Å². The Morgan fingerprint density at radius 1 is 0.967 bits per heavy atom. The first-order valence-corrected chi connectivity index (χ1v) is 10.7. The molecule has 1 atom stereocenters. The lowest BCUT2D eigenvalue weighted by Gasteiger charge is -2.12. The van der Waals surface area contributed by atoms with Crippen molar-refractivity contribution in [2.75, 3.05) is 7.11 Å². The fourth-order valence-corrected chi connectivity index (χ4v) is 3.94. The average Bonchev–Trinajstić information content (AvgIpc) is 2.79. The largest absolute Gasteiger partial charge is 0.497 e. The van der Waals surface area contributed by atoms with E-state index in [4.69, 9.17) is 14.3 Å². The van der Waals surface area contributed by atoms with Gasteiger partial charge in [0.05, 0.1) is 29.8 Å². The molecule has 4 rings (SSSR count). The van der Waals surface area contributed by atoms with Gasteiger partial charge >= 0.3 is 0 Å². The fraction of sp³-hybridized carbons (Fsp3) is 0.0909. The van der Waals surface area contributed by atoms with Gasteiger partial charge in [0.25, 0.3) is 0 Å². The summed E-state index contributed by atoms with van der Waals surface area (Å²) >= 11 is 0. The van der Waals surface area contributed by atoms with Crippen molar-refractivity contribution < 1.29 is 13.7 Å². The third-order valence-electron chi connectivity index (χ3n) is 4.48. The van der Waals surface area contributed by atoms with Crippen LogP contribution in [-0.2, 0) is 16.5 Å². The zero-order valence-electron chi connectivity index (χ0n) is 16.2. The van der Waals surface area contributed by atoms with Crippen molar-refractivity contribution in [2.45, 2.75) is 11.4 Å². The van der Waals surface area contributed by atoms with Gasteiger partial charge in [-0.05, 0) is 54.6 Å². The van der Waals surface area contributed by atoms with E-state index in [1.165, 1.54) is 0 Å². The van der Waals surface area contributed by atoms with Crippen LogP contribution >= 0.6 is 0 Å². The fourth-order valence-electron chi connectivity index (χ4n) is 2.91. The van der Waals surface area contributed by atoms with Crippen LogP contribution in [0.15, 0.2) is 84.0 Å². The summed E-state index contributed by atoms with van der Waals surface area (Å²) < 4.78 is 34.9. The Hall–Kier alpha value is -3.49. The molecule has 4 aromatic rings. The minimum atomic E-state index is -3.16. The molecule has 0 spiro atoms. The Morgan fingerprint density at radius 2 is 1.77 bits per heavy atom. The number of methoxy groups -OCH3 is 1. The SMILES string of the molecule is COc1ccc2c(Oc3ccc(S(=N)(=O)NCc4ccccn4)cc3)ccnc2c1. The minimum absolute atomic E-state index is 0.244. The maximum atomic E-state index is 12.7. The third-order valence-corrected chi connectivity index (χ3v) is 5.96. The number of aromatic nitrogens is 2. The number of ether oxygens (including phenoxy) is 2. The lowest BCUT2D eigenvalue weighted by Crippen LogP contribution is -2.22. The summed E-state index contributed by atoms with van der Waals surface area (Å²) in [6.45, 7) is 0.244. The van der Waals surface area contributed by atoms with Crippen LogP contribution in [0.5, 0.6) is 17.2 Å². The Balaban J connectivity index is 1.50. The number of nitrogens with one attached hydrogen (secondary N) is 2. The maximum Gasteiger partial charge on any atom is 0.138 e. The number of hydrogen-bond acceptors (Lipinski definition) is 6. The molecule has 2 aromatic heterocycles. The van der Waals surface area contributed by atoms with E-state index in [0.717, 1.165) is 22.3 Å². The number of nitrogens with zero attached hydrogens (tertiary/aromatic N) is 2.